The van der Waals surface area contributed by atoms with Gasteiger partial charge in [0.25, 0.3) is 0 Å². The first kappa shape index (κ1) is 18.4. The van der Waals surface area contributed by atoms with Crippen LogP contribution in [-0.4, -0.2) is 32.7 Å². The van der Waals surface area contributed by atoms with E-state index in [1.165, 1.54) is 0 Å². The van der Waals surface area contributed by atoms with Gasteiger partial charge in [-0.3, -0.25) is 0 Å². The van der Waals surface area contributed by atoms with Crippen LogP contribution in [0.1, 0.15) is 19.2 Å². The van der Waals surface area contributed by atoms with E-state index in [-0.39, 0.29) is 6.03 Å². The third-order valence-corrected chi connectivity index (χ3v) is 3.99. The van der Waals surface area contributed by atoms with Crippen LogP contribution in [0.3, 0.4) is 0 Å². The maximum absolute atomic E-state index is 12.6. The molecule has 3 aromatic rings. The predicted molar refractivity (Wildman–Crippen MR) is 104 cm³/mol. The van der Waals surface area contributed by atoms with Gasteiger partial charge in [-0.2, -0.15) is 0 Å². The summed E-state index contributed by atoms with van der Waals surface area (Å²) >= 11 is 0. The fraction of sp³-hybridized carbons (Fsp3) is 0.250. The first-order chi connectivity index (χ1) is 13.2. The van der Waals surface area contributed by atoms with E-state index >= 15 is 0 Å². The number of anilines is 1. The van der Waals surface area contributed by atoms with Crippen molar-refractivity contribution in [1.82, 2.24) is 19.7 Å². The smallest absolute Gasteiger partial charge is 0.322 e. The second-order valence-electron chi connectivity index (χ2n) is 6.14. The van der Waals surface area contributed by atoms with Crippen LogP contribution >= 0.6 is 0 Å². The minimum absolute atomic E-state index is 0.245. The van der Waals surface area contributed by atoms with E-state index in [4.69, 9.17) is 4.74 Å². The Hall–Kier alpha value is -3.35. The lowest BCUT2D eigenvalue weighted by Gasteiger charge is -2.19. The molecule has 0 atom stereocenters. The summed E-state index contributed by atoms with van der Waals surface area (Å²) in [4.78, 5) is 14.2. The second-order valence-corrected chi connectivity index (χ2v) is 6.14. The maximum Gasteiger partial charge on any atom is 0.322 e. The van der Waals surface area contributed by atoms with E-state index in [2.05, 4.69) is 22.4 Å². The van der Waals surface area contributed by atoms with Gasteiger partial charge in [-0.05, 0) is 30.7 Å². The number of amides is 2. The van der Waals surface area contributed by atoms with Crippen LogP contribution in [0, 0.1) is 0 Å². The Morgan fingerprint density at radius 3 is 2.67 bits per heavy atom. The highest BCUT2D eigenvalue weighted by Gasteiger charge is 2.15. The van der Waals surface area contributed by atoms with Gasteiger partial charge in [0.1, 0.15) is 12.1 Å². The summed E-state index contributed by atoms with van der Waals surface area (Å²) in [5.41, 5.74) is 0.605. The van der Waals surface area contributed by atoms with Crippen LogP contribution < -0.4 is 10.1 Å². The van der Waals surface area contributed by atoms with Gasteiger partial charge in [0.05, 0.1) is 12.2 Å². The van der Waals surface area contributed by atoms with Crippen molar-refractivity contribution in [2.75, 3.05) is 12.4 Å². The monoisotopic (exact) mass is 365 g/mol. The fourth-order valence-electron chi connectivity index (χ4n) is 2.60. The lowest BCUT2D eigenvalue weighted by molar-refractivity contribution is 0.218. The highest BCUT2D eigenvalue weighted by Crippen LogP contribution is 2.29. The number of rotatable bonds is 7. The highest BCUT2D eigenvalue weighted by molar-refractivity contribution is 5.90. The number of benzene rings is 2. The Morgan fingerprint density at radius 1 is 1.15 bits per heavy atom. The lowest BCUT2D eigenvalue weighted by Crippen LogP contribution is -2.32. The predicted octanol–water partition coefficient (Wildman–Crippen LogP) is 4.14. The van der Waals surface area contributed by atoms with Crippen LogP contribution in [-0.2, 0) is 13.1 Å². The first-order valence-electron chi connectivity index (χ1n) is 8.88. The molecular weight excluding hydrogens is 342 g/mol. The summed E-state index contributed by atoms with van der Waals surface area (Å²) in [6.45, 7) is 3.28. The van der Waals surface area contributed by atoms with E-state index in [9.17, 15) is 4.79 Å². The number of hydrogen-bond donors (Lipinski definition) is 1. The minimum atomic E-state index is -0.245. The zero-order valence-electron chi connectivity index (χ0n) is 15.5. The van der Waals surface area contributed by atoms with Crippen molar-refractivity contribution in [2.24, 2.45) is 0 Å². The van der Waals surface area contributed by atoms with Crippen LogP contribution in [0.15, 0.2) is 60.9 Å². The summed E-state index contributed by atoms with van der Waals surface area (Å²) in [5.74, 6) is 2.04. The molecule has 1 N–H and O–H groups in total. The Balaban J connectivity index is 1.67. The van der Waals surface area contributed by atoms with Gasteiger partial charge in [-0.15, -0.1) is 10.2 Å². The average Bonchev–Trinajstić information content (AvgIpc) is 3.11. The molecule has 140 valence electrons. The normalized spacial score (nSPS) is 10.4. The van der Waals surface area contributed by atoms with Crippen molar-refractivity contribution in [1.29, 1.82) is 0 Å². The van der Waals surface area contributed by atoms with Gasteiger partial charge in [0.2, 0.25) is 0 Å². The number of carbonyl (C=O) groups excluding carboxylic acids is 1. The van der Waals surface area contributed by atoms with Gasteiger partial charge in [-0.25, -0.2) is 4.79 Å². The number of hydrogen-bond acceptors (Lipinski definition) is 4. The van der Waals surface area contributed by atoms with Crippen molar-refractivity contribution in [3.63, 3.8) is 0 Å². The van der Waals surface area contributed by atoms with E-state index in [1.54, 1.807) is 18.3 Å². The number of carbonyl (C=O) groups is 1. The van der Waals surface area contributed by atoms with Crippen LogP contribution in [0.25, 0.3) is 0 Å². The summed E-state index contributed by atoms with van der Waals surface area (Å²) < 4.78 is 7.84. The van der Waals surface area contributed by atoms with Gasteiger partial charge < -0.3 is 19.5 Å². The number of para-hydroxylation sites is 3. The molecule has 7 nitrogen and oxygen atoms in total. The molecule has 27 heavy (non-hydrogen) atoms. The molecular formula is C20H23N5O2. The van der Waals surface area contributed by atoms with Gasteiger partial charge in [-0.1, -0.05) is 37.3 Å². The SMILES string of the molecule is CCCn1cnnc1CN(C)C(=O)Nc1ccccc1Oc1ccccc1. The third-order valence-electron chi connectivity index (χ3n) is 3.99. The van der Waals surface area contributed by atoms with Crippen molar-refractivity contribution in [2.45, 2.75) is 26.4 Å². The minimum Gasteiger partial charge on any atom is -0.455 e. The Morgan fingerprint density at radius 2 is 1.89 bits per heavy atom. The van der Waals surface area contributed by atoms with Gasteiger partial charge >= 0.3 is 6.03 Å². The molecule has 0 aliphatic carbocycles. The van der Waals surface area contributed by atoms with E-state index in [0.717, 1.165) is 18.8 Å². The molecule has 2 aromatic carbocycles. The largest absolute Gasteiger partial charge is 0.455 e. The van der Waals surface area contributed by atoms with E-state index in [1.807, 2.05) is 59.2 Å². The lowest BCUT2D eigenvalue weighted by atomic mass is 10.3. The number of nitrogens with zero attached hydrogens (tertiary/aromatic N) is 4. The Labute approximate surface area is 158 Å². The zero-order chi connectivity index (χ0) is 19.1. The number of aromatic nitrogens is 3. The van der Waals surface area contributed by atoms with Crippen molar-refractivity contribution >= 4 is 11.7 Å². The maximum atomic E-state index is 12.6. The Bertz CT molecular complexity index is 879. The molecule has 0 saturated heterocycles. The molecule has 1 heterocycles. The van der Waals surface area contributed by atoms with Crippen LogP contribution in [0.2, 0.25) is 0 Å². The molecule has 1 aromatic heterocycles. The summed E-state index contributed by atoms with van der Waals surface area (Å²) in [5, 5.41) is 10.9. The molecule has 0 fully saturated rings. The Kier molecular flexibility index (Phi) is 6.04. The zero-order valence-corrected chi connectivity index (χ0v) is 15.5. The van der Waals surface area contributed by atoms with Gasteiger partial charge in [0, 0.05) is 13.6 Å². The number of urea groups is 1. The molecule has 0 aliphatic heterocycles. The van der Waals surface area contributed by atoms with Crippen molar-refractivity contribution in [3.8, 4) is 11.5 Å². The quantitative estimate of drug-likeness (QED) is 0.683. The molecule has 0 saturated carbocycles. The topological polar surface area (TPSA) is 72.3 Å². The number of ether oxygens (including phenoxy) is 1. The number of aryl methyl sites for hydroxylation is 1. The molecule has 3 rings (SSSR count). The molecule has 0 unspecified atom stereocenters. The highest BCUT2D eigenvalue weighted by atomic mass is 16.5. The van der Waals surface area contributed by atoms with Crippen LogP contribution in [0.5, 0.6) is 11.5 Å². The van der Waals surface area contributed by atoms with Crippen LogP contribution in [0.4, 0.5) is 10.5 Å². The second kappa shape index (κ2) is 8.84. The summed E-state index contributed by atoms with van der Waals surface area (Å²) in [7, 11) is 1.72. The fourth-order valence-corrected chi connectivity index (χ4v) is 2.60. The third kappa shape index (κ3) is 4.84. The van der Waals surface area contributed by atoms with E-state index < -0.39 is 0 Å². The molecule has 0 radical (unpaired) electrons. The molecule has 0 spiro atoms. The summed E-state index contributed by atoms with van der Waals surface area (Å²) in [6.07, 6.45) is 2.67. The van der Waals surface area contributed by atoms with Gasteiger partial charge in [0.15, 0.2) is 11.6 Å². The molecule has 7 heteroatoms. The van der Waals surface area contributed by atoms with Crippen molar-refractivity contribution in [3.05, 3.63) is 66.7 Å². The average molecular weight is 365 g/mol. The standard InChI is InChI=1S/C20H23N5O2/c1-3-13-25-15-21-23-19(25)14-24(2)20(26)22-17-11-7-8-12-18(17)27-16-9-5-4-6-10-16/h4-12,15H,3,13-14H2,1-2H3,(H,22,26). The van der Waals surface area contributed by atoms with Crippen molar-refractivity contribution < 1.29 is 9.53 Å². The van der Waals surface area contributed by atoms with E-state index in [0.29, 0.717) is 23.7 Å². The number of nitrogens with one attached hydrogen (secondary N) is 1. The molecule has 2 amide bonds. The summed E-state index contributed by atoms with van der Waals surface area (Å²) in [6, 6.07) is 16.6. The molecule has 0 aliphatic rings. The first-order valence-corrected chi connectivity index (χ1v) is 8.88. The molecule has 0 bridgehead atoms.